The van der Waals surface area contributed by atoms with E-state index in [1.165, 1.54) is 0 Å². The summed E-state index contributed by atoms with van der Waals surface area (Å²) in [4.78, 5) is 0. The Morgan fingerprint density at radius 3 is 2.56 bits per heavy atom. The second-order valence-corrected chi connectivity index (χ2v) is 5.14. The van der Waals surface area contributed by atoms with E-state index < -0.39 is 12.6 Å². The summed E-state index contributed by atoms with van der Waals surface area (Å²) in [5.41, 5.74) is 4.51. The molecular formula is C12H16BrF3N2. The Morgan fingerprint density at radius 2 is 2.06 bits per heavy atom. The molecule has 1 aromatic carbocycles. The Hall–Kier alpha value is -0.590. The third-order valence-corrected chi connectivity index (χ3v) is 3.25. The number of hydrogen-bond acceptors (Lipinski definition) is 2. The van der Waals surface area contributed by atoms with E-state index >= 15 is 0 Å². The van der Waals surface area contributed by atoms with E-state index in [0.29, 0.717) is 6.42 Å². The molecule has 1 unspecified atom stereocenters. The molecule has 0 aliphatic heterocycles. The molecule has 1 aromatic rings. The predicted molar refractivity (Wildman–Crippen MR) is 68.8 cm³/mol. The zero-order chi connectivity index (χ0) is 13.8. The molecule has 0 bridgehead atoms. The molecule has 0 fully saturated rings. The molecule has 2 nitrogen and oxygen atoms in total. The first-order valence-corrected chi connectivity index (χ1v) is 6.41. The summed E-state index contributed by atoms with van der Waals surface area (Å²) in [5.74, 6) is 5.42. The summed E-state index contributed by atoms with van der Waals surface area (Å²) >= 11 is 3.35. The molecule has 1 atom stereocenters. The van der Waals surface area contributed by atoms with Crippen LogP contribution in [0.2, 0.25) is 0 Å². The van der Waals surface area contributed by atoms with Gasteiger partial charge in [0.1, 0.15) is 0 Å². The van der Waals surface area contributed by atoms with Gasteiger partial charge in [0.05, 0.1) is 0 Å². The minimum Gasteiger partial charge on any atom is -0.271 e. The molecule has 102 valence electrons. The summed E-state index contributed by atoms with van der Waals surface area (Å²) in [5, 5.41) is 0. The molecule has 0 aliphatic carbocycles. The highest BCUT2D eigenvalue weighted by Crippen LogP contribution is 2.28. The van der Waals surface area contributed by atoms with Crippen LogP contribution in [-0.2, 0) is 0 Å². The smallest absolute Gasteiger partial charge is 0.271 e. The predicted octanol–water partition coefficient (Wildman–Crippen LogP) is 3.99. The van der Waals surface area contributed by atoms with Gasteiger partial charge < -0.3 is 0 Å². The molecular weight excluding hydrogens is 309 g/mol. The second-order valence-electron chi connectivity index (χ2n) is 4.23. The third kappa shape index (κ3) is 4.96. The van der Waals surface area contributed by atoms with Gasteiger partial charge in [-0.15, -0.1) is 0 Å². The standard InChI is InChI=1S/C12H16BrF3N2/c1-8-7-9(13)4-5-10(8)11(18-17)3-2-6-12(14,15)16/h4-5,7,11,18H,2-3,6,17H2,1H3. The number of hydrazine groups is 1. The van der Waals surface area contributed by atoms with Gasteiger partial charge in [-0.25, -0.2) is 0 Å². The van der Waals surface area contributed by atoms with Gasteiger partial charge in [0.15, 0.2) is 0 Å². The number of alkyl halides is 3. The minimum atomic E-state index is -4.10. The molecule has 0 radical (unpaired) electrons. The molecule has 3 N–H and O–H groups in total. The fourth-order valence-corrected chi connectivity index (χ4v) is 2.34. The number of halogens is 4. The maximum absolute atomic E-state index is 12.1. The molecule has 0 amide bonds. The first-order chi connectivity index (χ1) is 8.33. The van der Waals surface area contributed by atoms with Crippen molar-refractivity contribution in [3.05, 3.63) is 33.8 Å². The number of hydrogen-bond donors (Lipinski definition) is 2. The molecule has 0 aliphatic rings. The molecule has 0 spiro atoms. The second kappa shape index (κ2) is 6.54. The Labute approximate surface area is 113 Å². The van der Waals surface area contributed by atoms with E-state index in [0.717, 1.165) is 15.6 Å². The Kier molecular flexibility index (Phi) is 5.62. The average molecular weight is 325 g/mol. The van der Waals surface area contributed by atoms with Gasteiger partial charge in [-0.3, -0.25) is 11.3 Å². The monoisotopic (exact) mass is 324 g/mol. The molecule has 0 saturated heterocycles. The highest BCUT2D eigenvalue weighted by molar-refractivity contribution is 9.10. The molecule has 0 heterocycles. The quantitative estimate of drug-likeness (QED) is 0.634. The van der Waals surface area contributed by atoms with Gasteiger partial charge in [0.25, 0.3) is 0 Å². The van der Waals surface area contributed by atoms with Gasteiger partial charge in [0, 0.05) is 16.9 Å². The summed E-state index contributed by atoms with van der Waals surface area (Å²) < 4.78 is 37.2. The van der Waals surface area contributed by atoms with Crippen molar-refractivity contribution >= 4 is 15.9 Å². The van der Waals surface area contributed by atoms with Crippen molar-refractivity contribution in [2.24, 2.45) is 5.84 Å². The lowest BCUT2D eigenvalue weighted by molar-refractivity contribution is -0.135. The van der Waals surface area contributed by atoms with Crippen molar-refractivity contribution in [3.8, 4) is 0 Å². The van der Waals surface area contributed by atoms with Gasteiger partial charge in [-0.2, -0.15) is 13.2 Å². The van der Waals surface area contributed by atoms with Gasteiger partial charge >= 0.3 is 6.18 Å². The van der Waals surface area contributed by atoms with E-state index in [2.05, 4.69) is 21.4 Å². The van der Waals surface area contributed by atoms with Crippen molar-refractivity contribution in [1.29, 1.82) is 0 Å². The SMILES string of the molecule is Cc1cc(Br)ccc1C(CCCC(F)(F)F)NN. The van der Waals surface area contributed by atoms with Gasteiger partial charge in [-0.1, -0.05) is 22.0 Å². The van der Waals surface area contributed by atoms with Crippen LogP contribution >= 0.6 is 15.9 Å². The lowest BCUT2D eigenvalue weighted by Crippen LogP contribution is -2.28. The van der Waals surface area contributed by atoms with Crippen LogP contribution in [0, 0.1) is 6.92 Å². The molecule has 1 rings (SSSR count). The fourth-order valence-electron chi connectivity index (χ4n) is 1.87. The summed E-state index contributed by atoms with van der Waals surface area (Å²) in [6.07, 6.45) is -4.46. The summed E-state index contributed by atoms with van der Waals surface area (Å²) in [7, 11) is 0. The maximum Gasteiger partial charge on any atom is 0.389 e. The van der Waals surface area contributed by atoms with E-state index in [1.54, 1.807) is 0 Å². The number of aryl methyl sites for hydroxylation is 1. The maximum atomic E-state index is 12.1. The van der Waals surface area contributed by atoms with E-state index in [4.69, 9.17) is 5.84 Å². The minimum absolute atomic E-state index is 0.0634. The number of nitrogens with two attached hydrogens (primary N) is 1. The lowest BCUT2D eigenvalue weighted by Gasteiger charge is -2.19. The van der Waals surface area contributed by atoms with E-state index in [1.807, 2.05) is 25.1 Å². The van der Waals surface area contributed by atoms with Crippen molar-refractivity contribution in [1.82, 2.24) is 5.43 Å². The van der Waals surface area contributed by atoms with Crippen LogP contribution in [0.25, 0.3) is 0 Å². The largest absolute Gasteiger partial charge is 0.389 e. The number of rotatable bonds is 5. The number of benzene rings is 1. The van der Waals surface area contributed by atoms with Gasteiger partial charge in [-0.05, 0) is 43.0 Å². The van der Waals surface area contributed by atoms with Crippen LogP contribution in [0.3, 0.4) is 0 Å². The van der Waals surface area contributed by atoms with Crippen molar-refractivity contribution in [3.63, 3.8) is 0 Å². The molecule has 6 heteroatoms. The molecule has 18 heavy (non-hydrogen) atoms. The van der Waals surface area contributed by atoms with Crippen LogP contribution in [0.1, 0.15) is 36.4 Å². The average Bonchev–Trinajstić information content (AvgIpc) is 2.24. The topological polar surface area (TPSA) is 38.0 Å². The Balaban J connectivity index is 2.66. The summed E-state index contributed by atoms with van der Waals surface area (Å²) in [6, 6.07) is 5.40. The van der Waals surface area contributed by atoms with Crippen LogP contribution in [0.4, 0.5) is 13.2 Å². The van der Waals surface area contributed by atoms with E-state index in [9.17, 15) is 13.2 Å². The Morgan fingerprint density at radius 1 is 1.39 bits per heavy atom. The highest BCUT2D eigenvalue weighted by Gasteiger charge is 2.27. The zero-order valence-electron chi connectivity index (χ0n) is 10.0. The third-order valence-electron chi connectivity index (χ3n) is 2.76. The first kappa shape index (κ1) is 15.5. The zero-order valence-corrected chi connectivity index (χ0v) is 11.6. The van der Waals surface area contributed by atoms with Crippen LogP contribution < -0.4 is 11.3 Å². The van der Waals surface area contributed by atoms with Crippen LogP contribution in [-0.4, -0.2) is 6.18 Å². The number of nitrogens with one attached hydrogen (secondary N) is 1. The Bertz CT molecular complexity index is 393. The van der Waals surface area contributed by atoms with Crippen molar-refractivity contribution < 1.29 is 13.2 Å². The fraction of sp³-hybridized carbons (Fsp3) is 0.500. The van der Waals surface area contributed by atoms with Crippen molar-refractivity contribution in [2.75, 3.05) is 0 Å². The van der Waals surface area contributed by atoms with Crippen LogP contribution in [0.5, 0.6) is 0 Å². The van der Waals surface area contributed by atoms with E-state index in [-0.39, 0.29) is 12.5 Å². The molecule has 0 aromatic heterocycles. The van der Waals surface area contributed by atoms with Crippen molar-refractivity contribution in [2.45, 2.75) is 38.4 Å². The highest BCUT2D eigenvalue weighted by atomic mass is 79.9. The molecule has 0 saturated carbocycles. The van der Waals surface area contributed by atoms with Gasteiger partial charge in [0.2, 0.25) is 0 Å². The summed E-state index contributed by atoms with van der Waals surface area (Å²) in [6.45, 7) is 1.91. The normalized spacial score (nSPS) is 13.7. The lowest BCUT2D eigenvalue weighted by atomic mass is 9.97. The first-order valence-electron chi connectivity index (χ1n) is 5.62. The van der Waals surface area contributed by atoms with Crippen LogP contribution in [0.15, 0.2) is 22.7 Å².